The van der Waals surface area contributed by atoms with E-state index < -0.39 is 30.2 Å². The third kappa shape index (κ3) is 4.01. The molecule has 0 amide bonds. The fourth-order valence-electron chi connectivity index (χ4n) is 7.72. The van der Waals surface area contributed by atoms with Crippen LogP contribution in [0.1, 0.15) is 6.85 Å². The third-order valence-electron chi connectivity index (χ3n) is 9.80. The van der Waals surface area contributed by atoms with Crippen molar-refractivity contribution in [2.24, 2.45) is 0 Å². The zero-order valence-corrected chi connectivity index (χ0v) is 27.0. The van der Waals surface area contributed by atoms with Gasteiger partial charge in [0.15, 0.2) is 5.82 Å². The molecule has 0 saturated carbocycles. The molecule has 7 aromatic carbocycles. The summed E-state index contributed by atoms with van der Waals surface area (Å²) in [7, 11) is 0. The summed E-state index contributed by atoms with van der Waals surface area (Å²) in [5.74, 6) is 0.448. The summed E-state index contributed by atoms with van der Waals surface area (Å²) in [6.07, 6.45) is 0. The van der Waals surface area contributed by atoms with Crippen molar-refractivity contribution in [3.63, 3.8) is 0 Å². The van der Waals surface area contributed by atoms with Gasteiger partial charge in [0.1, 0.15) is 0 Å². The molecule has 238 valence electrons. The number of para-hydroxylation sites is 5. The van der Waals surface area contributed by atoms with Crippen LogP contribution in [-0.4, -0.2) is 28.7 Å². The van der Waals surface area contributed by atoms with E-state index in [-0.39, 0.29) is 23.3 Å². The van der Waals surface area contributed by atoms with Crippen LogP contribution < -0.4 is 0 Å². The number of nitrogens with zero attached hydrogens (tertiary/aromatic N) is 6. The van der Waals surface area contributed by atoms with Crippen molar-refractivity contribution in [1.82, 2.24) is 28.7 Å². The average molecular weight is 658 g/mol. The molecule has 0 aliphatic carbocycles. The SMILES string of the molecule is [2H]c1c([2H])c([2H])c(-c2nc(-n3c4ccccc4c4ccccc43)nc(-n3c4ccccc4c4ccc5c6ccccc6n(-c6ccccc6)c5c43)n2)c([2H])c1[2H]. The maximum absolute atomic E-state index is 8.99. The van der Waals surface area contributed by atoms with E-state index in [1.807, 2.05) is 94.1 Å². The van der Waals surface area contributed by atoms with Gasteiger partial charge in [0, 0.05) is 43.6 Å². The fourth-order valence-corrected chi connectivity index (χ4v) is 7.72. The first-order valence-electron chi connectivity index (χ1n) is 19.2. The number of rotatable bonds is 4. The molecule has 0 fully saturated rings. The highest BCUT2D eigenvalue weighted by molar-refractivity contribution is 6.23. The molecule has 0 spiro atoms. The van der Waals surface area contributed by atoms with Crippen molar-refractivity contribution < 1.29 is 6.85 Å². The molecular weight excluding hydrogens is 625 g/mol. The van der Waals surface area contributed by atoms with E-state index >= 15 is 0 Å². The van der Waals surface area contributed by atoms with E-state index in [0.717, 1.165) is 71.1 Å². The molecule has 6 nitrogen and oxygen atoms in total. The van der Waals surface area contributed by atoms with E-state index in [4.69, 9.17) is 21.8 Å². The number of fused-ring (bicyclic) bond motifs is 10. The van der Waals surface area contributed by atoms with E-state index in [9.17, 15) is 0 Å². The van der Waals surface area contributed by atoms with Crippen LogP contribution in [0.3, 0.4) is 0 Å². The molecule has 0 unspecified atom stereocenters. The van der Waals surface area contributed by atoms with Crippen LogP contribution in [0.4, 0.5) is 0 Å². The molecule has 0 aliphatic heterocycles. The van der Waals surface area contributed by atoms with Gasteiger partial charge in [0.05, 0.1) is 40.0 Å². The Labute approximate surface area is 299 Å². The number of aromatic nitrogens is 6. The van der Waals surface area contributed by atoms with Gasteiger partial charge in [-0.3, -0.25) is 9.13 Å². The average Bonchev–Trinajstić information content (AvgIpc) is 3.88. The van der Waals surface area contributed by atoms with Gasteiger partial charge in [-0.2, -0.15) is 15.0 Å². The van der Waals surface area contributed by atoms with Gasteiger partial charge < -0.3 is 4.57 Å². The second-order valence-corrected chi connectivity index (χ2v) is 12.5. The van der Waals surface area contributed by atoms with Crippen molar-refractivity contribution in [3.05, 3.63) is 170 Å². The first kappa shape index (κ1) is 23.3. The second kappa shape index (κ2) is 10.7. The molecule has 0 aliphatic rings. The lowest BCUT2D eigenvalue weighted by Crippen LogP contribution is -2.10. The molecule has 51 heavy (non-hydrogen) atoms. The Kier molecular flexibility index (Phi) is 4.91. The summed E-state index contributed by atoms with van der Waals surface area (Å²) in [4.78, 5) is 15.3. The van der Waals surface area contributed by atoms with Crippen LogP contribution in [0.25, 0.3) is 94.4 Å². The largest absolute Gasteiger partial charge is 0.307 e. The molecule has 6 heteroatoms. The van der Waals surface area contributed by atoms with Gasteiger partial charge in [-0.1, -0.05) is 133 Å². The van der Waals surface area contributed by atoms with Gasteiger partial charge in [-0.15, -0.1) is 0 Å². The minimum atomic E-state index is -0.487. The third-order valence-corrected chi connectivity index (χ3v) is 9.80. The summed E-state index contributed by atoms with van der Waals surface area (Å²) < 4.78 is 49.7. The zero-order chi connectivity index (χ0) is 37.8. The second-order valence-electron chi connectivity index (χ2n) is 12.5. The molecule has 11 rings (SSSR count). The predicted molar refractivity (Wildman–Crippen MR) is 208 cm³/mol. The summed E-state index contributed by atoms with van der Waals surface area (Å²) in [6, 6.07) is 44.9. The Morgan fingerprint density at radius 1 is 0.373 bits per heavy atom. The molecule has 0 bridgehead atoms. The molecule has 4 aromatic heterocycles. The first-order valence-corrected chi connectivity index (χ1v) is 16.7. The highest BCUT2D eigenvalue weighted by Crippen LogP contribution is 2.41. The maximum Gasteiger partial charge on any atom is 0.240 e. The van der Waals surface area contributed by atoms with Crippen molar-refractivity contribution in [1.29, 1.82) is 0 Å². The van der Waals surface area contributed by atoms with Crippen LogP contribution in [0, 0.1) is 0 Å². The first-order chi connectivity index (χ1) is 27.4. The normalized spacial score (nSPS) is 13.3. The van der Waals surface area contributed by atoms with Gasteiger partial charge in [-0.25, -0.2) is 0 Å². The Balaban J connectivity index is 1.35. The topological polar surface area (TPSA) is 53.5 Å². The predicted octanol–water partition coefficient (Wildman–Crippen LogP) is 10.8. The van der Waals surface area contributed by atoms with Crippen molar-refractivity contribution in [3.8, 4) is 29.0 Å². The van der Waals surface area contributed by atoms with Crippen molar-refractivity contribution in [2.45, 2.75) is 0 Å². The molecule has 4 heterocycles. The lowest BCUT2D eigenvalue weighted by molar-refractivity contribution is 0.893. The van der Waals surface area contributed by atoms with Gasteiger partial charge in [0.25, 0.3) is 0 Å². The Morgan fingerprint density at radius 3 is 1.37 bits per heavy atom. The van der Waals surface area contributed by atoms with Crippen LogP contribution in [0.15, 0.2) is 170 Å². The summed E-state index contributed by atoms with van der Waals surface area (Å²) >= 11 is 0. The molecule has 0 N–H and O–H groups in total. The van der Waals surface area contributed by atoms with Gasteiger partial charge >= 0.3 is 0 Å². The van der Waals surface area contributed by atoms with Crippen LogP contribution in [0.5, 0.6) is 0 Å². The molecule has 0 saturated heterocycles. The maximum atomic E-state index is 8.99. The summed E-state index contributed by atoms with van der Waals surface area (Å²) in [6.45, 7) is 0. The number of hydrogen-bond donors (Lipinski definition) is 0. The van der Waals surface area contributed by atoms with E-state index in [0.29, 0.717) is 0 Å². The smallest absolute Gasteiger partial charge is 0.240 e. The minimum Gasteiger partial charge on any atom is -0.307 e. The van der Waals surface area contributed by atoms with Crippen LogP contribution in [0.2, 0.25) is 0 Å². The highest BCUT2D eigenvalue weighted by Gasteiger charge is 2.24. The standard InChI is InChI=1S/C45H28N6/c1-3-15-29(16-4-1)43-46-44(50-38-24-12-7-19-31(38)32-20-8-13-25-39(32)50)48-45(47-43)51-40-26-14-10-22-34(40)36-28-27-35-33-21-9-11-23-37(33)49(41(35)42(36)51)30-17-5-2-6-18-30/h1-28H/i1D,3D,4D,15D,16D. The highest BCUT2D eigenvalue weighted by atomic mass is 15.3. The monoisotopic (exact) mass is 657 g/mol. The Bertz CT molecular complexity index is 3360. The molecule has 11 aromatic rings. The van der Waals surface area contributed by atoms with Gasteiger partial charge in [-0.05, 0) is 36.4 Å². The summed E-state index contributed by atoms with van der Waals surface area (Å²) in [5.41, 5.74) is 6.28. The quantitative estimate of drug-likeness (QED) is 0.189. The lowest BCUT2D eigenvalue weighted by atomic mass is 10.1. The minimum absolute atomic E-state index is 0.0365. The lowest BCUT2D eigenvalue weighted by Gasteiger charge is -2.14. The molecule has 0 atom stereocenters. The van der Waals surface area contributed by atoms with Crippen LogP contribution >= 0.6 is 0 Å². The van der Waals surface area contributed by atoms with E-state index in [2.05, 4.69) is 59.2 Å². The van der Waals surface area contributed by atoms with Crippen LogP contribution in [-0.2, 0) is 0 Å². The van der Waals surface area contributed by atoms with E-state index in [1.54, 1.807) is 0 Å². The number of benzene rings is 7. The van der Waals surface area contributed by atoms with Gasteiger partial charge in [0.2, 0.25) is 11.9 Å². The van der Waals surface area contributed by atoms with E-state index in [1.165, 1.54) is 0 Å². The number of hydrogen-bond acceptors (Lipinski definition) is 3. The van der Waals surface area contributed by atoms with Crippen molar-refractivity contribution >= 4 is 65.4 Å². The Morgan fingerprint density at radius 2 is 0.804 bits per heavy atom. The fraction of sp³-hybridized carbons (Fsp3) is 0. The Hall–Kier alpha value is -7.05. The molecule has 0 radical (unpaired) electrons. The van der Waals surface area contributed by atoms with Crippen molar-refractivity contribution in [2.75, 3.05) is 0 Å². The molecular formula is C45H28N6. The summed E-state index contributed by atoms with van der Waals surface area (Å²) in [5, 5.41) is 6.10. The zero-order valence-electron chi connectivity index (χ0n) is 32.0.